The molecule has 14 heavy (non-hydrogen) atoms. The molecule has 0 nitrogen and oxygen atoms in total. The molecule has 0 spiro atoms. The molecule has 1 aromatic rings. The number of alkyl halides is 1. The SMILES string of the molecule is CCCC(Br)C(C)c1cccc(Cl)c1. The van der Waals surface area contributed by atoms with Crippen molar-refractivity contribution in [1.82, 2.24) is 0 Å². The van der Waals surface area contributed by atoms with Crippen molar-refractivity contribution in [2.75, 3.05) is 0 Å². The van der Waals surface area contributed by atoms with E-state index in [2.05, 4.69) is 41.9 Å². The van der Waals surface area contributed by atoms with Crippen LogP contribution < -0.4 is 0 Å². The van der Waals surface area contributed by atoms with Crippen molar-refractivity contribution >= 4 is 27.5 Å². The Kier molecular flexibility index (Phi) is 4.97. The van der Waals surface area contributed by atoms with E-state index in [9.17, 15) is 0 Å². The molecular formula is C12H16BrCl. The van der Waals surface area contributed by atoms with Gasteiger partial charge in [-0.25, -0.2) is 0 Å². The number of hydrogen-bond donors (Lipinski definition) is 0. The second-order valence-corrected chi connectivity index (χ2v) is 5.26. The Bertz CT molecular complexity index is 285. The molecule has 0 bridgehead atoms. The maximum absolute atomic E-state index is 5.96. The van der Waals surface area contributed by atoms with Crippen molar-refractivity contribution in [3.8, 4) is 0 Å². The van der Waals surface area contributed by atoms with Gasteiger partial charge < -0.3 is 0 Å². The highest BCUT2D eigenvalue weighted by Crippen LogP contribution is 2.29. The first-order valence-electron chi connectivity index (χ1n) is 5.04. The van der Waals surface area contributed by atoms with Gasteiger partial charge in [0, 0.05) is 9.85 Å². The predicted molar refractivity (Wildman–Crippen MR) is 67.5 cm³/mol. The van der Waals surface area contributed by atoms with Crippen LogP contribution in [0, 0.1) is 0 Å². The highest BCUT2D eigenvalue weighted by molar-refractivity contribution is 9.09. The number of hydrogen-bond acceptors (Lipinski definition) is 0. The first kappa shape index (κ1) is 12.1. The summed E-state index contributed by atoms with van der Waals surface area (Å²) in [6.45, 7) is 4.44. The van der Waals surface area contributed by atoms with Crippen LogP contribution >= 0.6 is 27.5 Å². The molecule has 0 saturated heterocycles. The Balaban J connectivity index is 2.73. The molecule has 0 heterocycles. The Labute approximate surface area is 99.8 Å². The molecule has 0 amide bonds. The smallest absolute Gasteiger partial charge is 0.0408 e. The number of benzene rings is 1. The fourth-order valence-electron chi connectivity index (χ4n) is 1.52. The summed E-state index contributed by atoms with van der Waals surface area (Å²) in [5.74, 6) is 0.522. The number of rotatable bonds is 4. The van der Waals surface area contributed by atoms with Crippen LogP contribution in [0.2, 0.25) is 5.02 Å². The normalized spacial score (nSPS) is 15.1. The highest BCUT2D eigenvalue weighted by atomic mass is 79.9. The van der Waals surface area contributed by atoms with Gasteiger partial charge in [-0.2, -0.15) is 0 Å². The van der Waals surface area contributed by atoms with Gasteiger partial charge in [0.25, 0.3) is 0 Å². The minimum Gasteiger partial charge on any atom is -0.0884 e. The first-order valence-corrected chi connectivity index (χ1v) is 6.34. The average Bonchev–Trinajstić information content (AvgIpc) is 2.17. The minimum atomic E-state index is 0.522. The second-order valence-electron chi connectivity index (χ2n) is 3.65. The molecule has 1 rings (SSSR count). The Morgan fingerprint density at radius 2 is 2.14 bits per heavy atom. The van der Waals surface area contributed by atoms with E-state index < -0.39 is 0 Å². The summed E-state index contributed by atoms with van der Waals surface area (Å²) in [5.41, 5.74) is 1.31. The summed E-state index contributed by atoms with van der Waals surface area (Å²) in [6, 6.07) is 8.12. The monoisotopic (exact) mass is 274 g/mol. The minimum absolute atomic E-state index is 0.522. The zero-order valence-electron chi connectivity index (χ0n) is 8.63. The predicted octanol–water partition coefficient (Wildman–Crippen LogP) is 5.01. The van der Waals surface area contributed by atoms with Crippen molar-refractivity contribution in [1.29, 1.82) is 0 Å². The fraction of sp³-hybridized carbons (Fsp3) is 0.500. The van der Waals surface area contributed by atoms with E-state index in [1.165, 1.54) is 18.4 Å². The van der Waals surface area contributed by atoms with E-state index in [0.29, 0.717) is 10.7 Å². The van der Waals surface area contributed by atoms with Crippen LogP contribution in [-0.4, -0.2) is 4.83 Å². The van der Waals surface area contributed by atoms with E-state index in [4.69, 9.17) is 11.6 Å². The average molecular weight is 276 g/mol. The van der Waals surface area contributed by atoms with Crippen molar-refractivity contribution in [3.63, 3.8) is 0 Å². The molecule has 1 aromatic carbocycles. The summed E-state index contributed by atoms with van der Waals surface area (Å²) in [7, 11) is 0. The van der Waals surface area contributed by atoms with Crippen LogP contribution in [-0.2, 0) is 0 Å². The van der Waals surface area contributed by atoms with E-state index in [1.54, 1.807) is 0 Å². The van der Waals surface area contributed by atoms with Gasteiger partial charge in [-0.1, -0.05) is 59.9 Å². The molecule has 2 unspecified atom stereocenters. The fourth-order valence-corrected chi connectivity index (χ4v) is 2.49. The Hall–Kier alpha value is -0.0100. The third-order valence-electron chi connectivity index (χ3n) is 2.48. The van der Waals surface area contributed by atoms with Gasteiger partial charge in [0.15, 0.2) is 0 Å². The molecule has 78 valence electrons. The van der Waals surface area contributed by atoms with Crippen molar-refractivity contribution in [2.45, 2.75) is 37.4 Å². The van der Waals surface area contributed by atoms with Gasteiger partial charge in [0.2, 0.25) is 0 Å². The summed E-state index contributed by atoms with van der Waals surface area (Å²) >= 11 is 9.68. The molecule has 2 heteroatoms. The Morgan fingerprint density at radius 3 is 2.71 bits per heavy atom. The van der Waals surface area contributed by atoms with Crippen LogP contribution in [0.15, 0.2) is 24.3 Å². The standard InChI is InChI=1S/C12H16BrCl/c1-3-5-12(13)9(2)10-6-4-7-11(14)8-10/h4,6-9,12H,3,5H2,1-2H3. The lowest BCUT2D eigenvalue weighted by molar-refractivity contribution is 0.651. The van der Waals surface area contributed by atoms with Crippen LogP contribution in [0.25, 0.3) is 0 Å². The molecule has 0 aliphatic rings. The highest BCUT2D eigenvalue weighted by Gasteiger charge is 2.14. The largest absolute Gasteiger partial charge is 0.0884 e. The zero-order chi connectivity index (χ0) is 10.6. The summed E-state index contributed by atoms with van der Waals surface area (Å²) in [6.07, 6.45) is 2.41. The van der Waals surface area contributed by atoms with Crippen LogP contribution in [0.5, 0.6) is 0 Å². The van der Waals surface area contributed by atoms with E-state index in [0.717, 1.165) is 5.02 Å². The topological polar surface area (TPSA) is 0 Å². The van der Waals surface area contributed by atoms with Gasteiger partial charge in [0.05, 0.1) is 0 Å². The summed E-state index contributed by atoms with van der Waals surface area (Å²) < 4.78 is 0. The molecule has 2 atom stereocenters. The van der Waals surface area contributed by atoms with Crippen molar-refractivity contribution < 1.29 is 0 Å². The maximum atomic E-state index is 5.96. The lowest BCUT2D eigenvalue weighted by Crippen LogP contribution is -2.08. The molecule has 0 saturated carbocycles. The lowest BCUT2D eigenvalue weighted by Gasteiger charge is -2.18. The molecule has 0 radical (unpaired) electrons. The second kappa shape index (κ2) is 5.77. The molecular weight excluding hydrogens is 259 g/mol. The third kappa shape index (κ3) is 3.29. The summed E-state index contributed by atoms with van der Waals surface area (Å²) in [5, 5.41) is 0.825. The molecule has 0 N–H and O–H groups in total. The zero-order valence-corrected chi connectivity index (χ0v) is 11.0. The molecule has 0 aliphatic heterocycles. The van der Waals surface area contributed by atoms with E-state index in [-0.39, 0.29) is 0 Å². The first-order chi connectivity index (χ1) is 6.65. The van der Waals surface area contributed by atoms with Gasteiger partial charge >= 0.3 is 0 Å². The van der Waals surface area contributed by atoms with Crippen molar-refractivity contribution in [3.05, 3.63) is 34.9 Å². The van der Waals surface area contributed by atoms with Crippen LogP contribution in [0.1, 0.15) is 38.2 Å². The van der Waals surface area contributed by atoms with Gasteiger partial charge in [-0.15, -0.1) is 0 Å². The lowest BCUT2D eigenvalue weighted by atomic mass is 9.95. The quantitative estimate of drug-likeness (QED) is 0.678. The molecule has 0 fully saturated rings. The van der Waals surface area contributed by atoms with Crippen LogP contribution in [0.4, 0.5) is 0 Å². The molecule has 0 aromatic heterocycles. The van der Waals surface area contributed by atoms with Crippen molar-refractivity contribution in [2.24, 2.45) is 0 Å². The van der Waals surface area contributed by atoms with Crippen LogP contribution in [0.3, 0.4) is 0 Å². The maximum Gasteiger partial charge on any atom is 0.0408 e. The van der Waals surface area contributed by atoms with Gasteiger partial charge in [-0.05, 0) is 30.0 Å². The van der Waals surface area contributed by atoms with E-state index >= 15 is 0 Å². The number of halogens is 2. The summed E-state index contributed by atoms with van der Waals surface area (Å²) in [4.78, 5) is 0.547. The Morgan fingerprint density at radius 1 is 1.43 bits per heavy atom. The third-order valence-corrected chi connectivity index (χ3v) is 3.97. The molecule has 0 aliphatic carbocycles. The van der Waals surface area contributed by atoms with E-state index in [1.807, 2.05) is 12.1 Å². The van der Waals surface area contributed by atoms with Gasteiger partial charge in [0.1, 0.15) is 0 Å². The van der Waals surface area contributed by atoms with Gasteiger partial charge in [-0.3, -0.25) is 0 Å².